The molecular formula is C58H115NO6. The SMILES string of the molecule is CCCCCCCCC(CCCCCC)C(=O)OCCCCCCCCCC(CCCCCCCCCOC(=O)C(CCCCCC)CCCCCCCC)OC(O)CCCCN(C)C. The van der Waals surface area contributed by atoms with E-state index < -0.39 is 6.29 Å². The van der Waals surface area contributed by atoms with E-state index in [1.54, 1.807) is 0 Å². The fourth-order valence-corrected chi connectivity index (χ4v) is 9.35. The molecule has 0 fully saturated rings. The van der Waals surface area contributed by atoms with E-state index in [0.29, 0.717) is 19.6 Å². The third kappa shape index (κ3) is 45.1. The molecule has 0 aromatic carbocycles. The van der Waals surface area contributed by atoms with E-state index in [9.17, 15) is 14.7 Å². The Balaban J connectivity index is 4.45. The van der Waals surface area contributed by atoms with Crippen LogP contribution in [0.2, 0.25) is 0 Å². The van der Waals surface area contributed by atoms with Crippen molar-refractivity contribution >= 4 is 11.9 Å². The molecule has 0 aromatic rings. The number of hydrogen-bond acceptors (Lipinski definition) is 7. The Bertz CT molecular complexity index is 912. The second kappa shape index (κ2) is 50.7. The van der Waals surface area contributed by atoms with Crippen molar-refractivity contribution in [2.75, 3.05) is 33.9 Å². The van der Waals surface area contributed by atoms with Gasteiger partial charge in [-0.15, -0.1) is 0 Å². The fraction of sp³-hybridized carbons (Fsp3) is 0.966. The number of rotatable bonds is 53. The molecule has 0 radical (unpaired) electrons. The average Bonchev–Trinajstić information content (AvgIpc) is 3.29. The lowest BCUT2D eigenvalue weighted by molar-refractivity contribution is -0.150. The van der Waals surface area contributed by atoms with Crippen LogP contribution in [0.25, 0.3) is 0 Å². The summed E-state index contributed by atoms with van der Waals surface area (Å²) in [6.07, 6.45) is 49.5. The number of aliphatic hydroxyl groups excluding tert-OH is 1. The van der Waals surface area contributed by atoms with Crippen molar-refractivity contribution in [1.29, 1.82) is 0 Å². The van der Waals surface area contributed by atoms with Crippen LogP contribution in [-0.4, -0.2) is 68.2 Å². The van der Waals surface area contributed by atoms with Crippen LogP contribution in [0.3, 0.4) is 0 Å². The fourth-order valence-electron chi connectivity index (χ4n) is 9.35. The molecule has 7 heteroatoms. The summed E-state index contributed by atoms with van der Waals surface area (Å²) < 4.78 is 17.9. The molecule has 0 rings (SSSR count). The van der Waals surface area contributed by atoms with Gasteiger partial charge in [0.25, 0.3) is 0 Å². The van der Waals surface area contributed by atoms with Crippen LogP contribution in [0.5, 0.6) is 0 Å². The van der Waals surface area contributed by atoms with Crippen LogP contribution in [0, 0.1) is 11.8 Å². The highest BCUT2D eigenvalue weighted by Gasteiger charge is 2.21. The number of aliphatic hydroxyl groups is 1. The molecular weight excluding hydrogens is 807 g/mol. The molecule has 388 valence electrons. The zero-order valence-electron chi connectivity index (χ0n) is 44.8. The van der Waals surface area contributed by atoms with Crippen molar-refractivity contribution in [1.82, 2.24) is 4.90 Å². The zero-order valence-corrected chi connectivity index (χ0v) is 44.8. The van der Waals surface area contributed by atoms with Gasteiger partial charge in [0.1, 0.15) is 0 Å². The van der Waals surface area contributed by atoms with Gasteiger partial charge in [-0.25, -0.2) is 0 Å². The summed E-state index contributed by atoms with van der Waals surface area (Å²) in [6, 6.07) is 0. The van der Waals surface area contributed by atoms with E-state index in [0.717, 1.165) is 122 Å². The molecule has 65 heavy (non-hydrogen) atoms. The highest BCUT2D eigenvalue weighted by molar-refractivity contribution is 5.72. The van der Waals surface area contributed by atoms with E-state index in [-0.39, 0.29) is 29.9 Å². The largest absolute Gasteiger partial charge is 0.465 e. The smallest absolute Gasteiger partial charge is 0.308 e. The molecule has 0 heterocycles. The lowest BCUT2D eigenvalue weighted by atomic mass is 9.94. The Labute approximate surface area is 406 Å². The number of nitrogens with zero attached hydrogens (tertiary/aromatic N) is 1. The summed E-state index contributed by atoms with van der Waals surface area (Å²) in [5.41, 5.74) is 0. The molecule has 0 spiro atoms. The normalized spacial score (nSPS) is 13.6. The summed E-state index contributed by atoms with van der Waals surface area (Å²) in [6.45, 7) is 11.2. The van der Waals surface area contributed by atoms with Crippen molar-refractivity contribution in [2.24, 2.45) is 11.8 Å². The second-order valence-corrected chi connectivity index (χ2v) is 20.6. The third-order valence-electron chi connectivity index (χ3n) is 13.8. The van der Waals surface area contributed by atoms with E-state index in [1.165, 1.54) is 154 Å². The molecule has 0 aliphatic heterocycles. The highest BCUT2D eigenvalue weighted by atomic mass is 16.6. The number of carbonyl (C=O) groups excluding carboxylic acids is 2. The van der Waals surface area contributed by atoms with Crippen LogP contribution in [0.15, 0.2) is 0 Å². The monoisotopic (exact) mass is 922 g/mol. The second-order valence-electron chi connectivity index (χ2n) is 20.6. The van der Waals surface area contributed by atoms with Gasteiger partial charge in [0, 0.05) is 0 Å². The molecule has 0 aliphatic rings. The van der Waals surface area contributed by atoms with Gasteiger partial charge in [0.05, 0.1) is 31.2 Å². The molecule has 0 bridgehead atoms. The van der Waals surface area contributed by atoms with Crippen LogP contribution in [-0.2, 0) is 23.8 Å². The van der Waals surface area contributed by atoms with Gasteiger partial charge >= 0.3 is 11.9 Å². The van der Waals surface area contributed by atoms with E-state index in [2.05, 4.69) is 46.7 Å². The quantitative estimate of drug-likeness (QED) is 0.0369. The molecule has 3 atom stereocenters. The van der Waals surface area contributed by atoms with Crippen LogP contribution in [0.4, 0.5) is 0 Å². The van der Waals surface area contributed by atoms with Crippen LogP contribution < -0.4 is 0 Å². The summed E-state index contributed by atoms with van der Waals surface area (Å²) in [7, 11) is 4.20. The van der Waals surface area contributed by atoms with Gasteiger partial charge in [-0.1, -0.05) is 233 Å². The Morgan fingerprint density at radius 2 is 0.646 bits per heavy atom. The maximum absolute atomic E-state index is 13.0. The van der Waals surface area contributed by atoms with E-state index >= 15 is 0 Å². The van der Waals surface area contributed by atoms with Crippen molar-refractivity contribution in [3.8, 4) is 0 Å². The summed E-state index contributed by atoms with van der Waals surface area (Å²) in [5, 5.41) is 10.8. The van der Waals surface area contributed by atoms with Gasteiger partial charge < -0.3 is 24.2 Å². The first-order chi connectivity index (χ1) is 31.8. The maximum atomic E-state index is 13.0. The number of carbonyl (C=O) groups is 2. The molecule has 0 aromatic heterocycles. The molecule has 1 N–H and O–H groups in total. The molecule has 0 amide bonds. The molecule has 0 aliphatic carbocycles. The van der Waals surface area contributed by atoms with Crippen molar-refractivity contribution in [2.45, 2.75) is 316 Å². The van der Waals surface area contributed by atoms with Crippen molar-refractivity contribution in [3.63, 3.8) is 0 Å². The number of unbranched alkanes of at least 4 members (excludes halogenated alkanes) is 29. The standard InChI is InChI=1S/C58H115NO6/c1-7-11-15-19-27-35-45-53(43-33-17-13-9-3)57(61)63-51-41-31-25-21-23-29-37-47-55(65-56(60)49-39-40-50-59(5)6)48-38-30-24-22-26-32-42-52-64-58(62)54(44-34-18-14-10-4)46-36-28-20-16-12-8-2/h53-56,60H,7-52H2,1-6H3. The first kappa shape index (κ1) is 63.8. The number of hydrogen-bond donors (Lipinski definition) is 1. The Hall–Kier alpha value is -1.18. The molecule has 0 saturated heterocycles. The molecule has 0 saturated carbocycles. The van der Waals surface area contributed by atoms with Crippen LogP contribution in [0.1, 0.15) is 304 Å². The lowest BCUT2D eigenvalue weighted by Crippen LogP contribution is -2.22. The number of ether oxygens (including phenoxy) is 3. The van der Waals surface area contributed by atoms with Gasteiger partial charge in [0.2, 0.25) is 0 Å². The highest BCUT2D eigenvalue weighted by Crippen LogP contribution is 2.24. The van der Waals surface area contributed by atoms with Crippen molar-refractivity contribution in [3.05, 3.63) is 0 Å². The first-order valence-electron chi connectivity index (χ1n) is 29.1. The van der Waals surface area contributed by atoms with E-state index in [4.69, 9.17) is 14.2 Å². The zero-order chi connectivity index (χ0) is 47.7. The minimum Gasteiger partial charge on any atom is -0.465 e. The Kier molecular flexibility index (Phi) is 49.8. The van der Waals surface area contributed by atoms with Crippen molar-refractivity contribution < 1.29 is 28.9 Å². The third-order valence-corrected chi connectivity index (χ3v) is 13.8. The summed E-state index contributed by atoms with van der Waals surface area (Å²) in [5.74, 6) is 0.315. The Morgan fingerprint density at radius 3 is 0.985 bits per heavy atom. The van der Waals surface area contributed by atoms with Gasteiger partial charge in [-0.05, 0) is 91.3 Å². The number of esters is 2. The minimum absolute atomic E-state index is 0.0619. The predicted molar refractivity (Wildman–Crippen MR) is 280 cm³/mol. The van der Waals surface area contributed by atoms with Gasteiger partial charge in [0.15, 0.2) is 6.29 Å². The van der Waals surface area contributed by atoms with Crippen LogP contribution >= 0.6 is 0 Å². The summed E-state index contributed by atoms with van der Waals surface area (Å²) >= 11 is 0. The first-order valence-corrected chi connectivity index (χ1v) is 29.1. The van der Waals surface area contributed by atoms with E-state index in [1.807, 2.05) is 0 Å². The molecule has 7 nitrogen and oxygen atoms in total. The predicted octanol–water partition coefficient (Wildman–Crippen LogP) is 17.4. The topological polar surface area (TPSA) is 85.3 Å². The lowest BCUT2D eigenvalue weighted by Gasteiger charge is -2.22. The van der Waals surface area contributed by atoms with Gasteiger partial charge in [-0.2, -0.15) is 0 Å². The summed E-state index contributed by atoms with van der Waals surface area (Å²) in [4.78, 5) is 28.2. The minimum atomic E-state index is -0.663. The molecule has 3 unspecified atom stereocenters. The Morgan fingerprint density at radius 1 is 0.369 bits per heavy atom. The van der Waals surface area contributed by atoms with Gasteiger partial charge in [-0.3, -0.25) is 9.59 Å². The maximum Gasteiger partial charge on any atom is 0.308 e. The average molecular weight is 923 g/mol.